The third-order valence-corrected chi connectivity index (χ3v) is 2.46. The van der Waals surface area contributed by atoms with Crippen LogP contribution in [0.1, 0.15) is 47.0 Å². The largest absolute Gasteiger partial charge is 0.466 e. The number of esters is 1. The molecule has 16 heavy (non-hydrogen) atoms. The Balaban J connectivity index is 4.34. The molecule has 0 aromatic carbocycles. The van der Waals surface area contributed by atoms with Gasteiger partial charge in [-0.2, -0.15) is 0 Å². The van der Waals surface area contributed by atoms with Crippen LogP contribution in [0.4, 0.5) is 0 Å². The molecule has 5 heteroatoms. The van der Waals surface area contributed by atoms with E-state index >= 15 is 0 Å². The Hall–Kier alpha value is -1.13. The van der Waals surface area contributed by atoms with Gasteiger partial charge in [0.2, 0.25) is 5.54 Å². The van der Waals surface area contributed by atoms with E-state index in [9.17, 15) is 14.9 Å². The molecule has 0 aliphatic carbocycles. The maximum Gasteiger partial charge on any atom is 0.306 e. The van der Waals surface area contributed by atoms with Gasteiger partial charge in [-0.05, 0) is 12.8 Å². The van der Waals surface area contributed by atoms with Crippen LogP contribution >= 0.6 is 0 Å². The second-order valence-electron chi connectivity index (χ2n) is 4.66. The Morgan fingerprint density at radius 2 is 2.06 bits per heavy atom. The maximum absolute atomic E-state index is 11.2. The lowest BCUT2D eigenvalue weighted by Crippen LogP contribution is -2.37. The summed E-state index contributed by atoms with van der Waals surface area (Å²) in [5.41, 5.74) is -1.03. The van der Waals surface area contributed by atoms with Crippen molar-refractivity contribution in [3.8, 4) is 0 Å². The smallest absolute Gasteiger partial charge is 0.306 e. The minimum Gasteiger partial charge on any atom is -0.466 e. The molecular weight excluding hydrogens is 210 g/mol. The van der Waals surface area contributed by atoms with Gasteiger partial charge in [-0.3, -0.25) is 14.9 Å². The van der Waals surface area contributed by atoms with E-state index in [0.29, 0.717) is 13.0 Å². The molecule has 1 atom stereocenters. The summed E-state index contributed by atoms with van der Waals surface area (Å²) >= 11 is 0. The van der Waals surface area contributed by atoms with Crippen LogP contribution in [0.2, 0.25) is 0 Å². The number of nitro groups is 1. The molecule has 0 spiro atoms. The number of nitrogens with zero attached hydrogens (tertiary/aromatic N) is 1. The molecule has 0 radical (unpaired) electrons. The summed E-state index contributed by atoms with van der Waals surface area (Å²) in [6, 6.07) is 0. The van der Waals surface area contributed by atoms with Gasteiger partial charge in [0.05, 0.1) is 13.0 Å². The molecule has 5 nitrogen and oxygen atoms in total. The van der Waals surface area contributed by atoms with Crippen molar-refractivity contribution in [2.45, 2.75) is 52.5 Å². The highest BCUT2D eigenvalue weighted by atomic mass is 16.6. The van der Waals surface area contributed by atoms with Gasteiger partial charge >= 0.3 is 5.97 Å². The van der Waals surface area contributed by atoms with Crippen LogP contribution in [0.25, 0.3) is 0 Å². The van der Waals surface area contributed by atoms with E-state index in [1.165, 1.54) is 0 Å². The first-order chi connectivity index (χ1) is 7.31. The van der Waals surface area contributed by atoms with E-state index in [0.717, 1.165) is 0 Å². The molecule has 0 aromatic heterocycles. The molecule has 0 bridgehead atoms. The second-order valence-corrected chi connectivity index (χ2v) is 4.66. The maximum atomic E-state index is 11.2. The predicted octanol–water partition coefficient (Wildman–Crippen LogP) is 2.41. The van der Waals surface area contributed by atoms with Gasteiger partial charge in [0.15, 0.2) is 0 Å². The van der Waals surface area contributed by atoms with E-state index in [4.69, 9.17) is 4.74 Å². The Morgan fingerprint density at radius 1 is 1.50 bits per heavy atom. The van der Waals surface area contributed by atoms with Crippen LogP contribution in [0.5, 0.6) is 0 Å². The van der Waals surface area contributed by atoms with Crippen molar-refractivity contribution in [3.05, 3.63) is 10.1 Å². The van der Waals surface area contributed by atoms with Crippen LogP contribution in [0, 0.1) is 16.0 Å². The third-order valence-electron chi connectivity index (χ3n) is 2.46. The average Bonchev–Trinajstić information content (AvgIpc) is 2.14. The summed E-state index contributed by atoms with van der Waals surface area (Å²) in [6.45, 7) is 7.50. The van der Waals surface area contributed by atoms with Crippen molar-refractivity contribution < 1.29 is 14.5 Å². The standard InChI is InChI=1S/C11H21NO4/c1-5-16-10(13)6-7-11(4,12(14)15)8-9(2)3/h9H,5-8H2,1-4H3. The Kier molecular flexibility index (Phi) is 6.00. The van der Waals surface area contributed by atoms with Crippen molar-refractivity contribution in [1.82, 2.24) is 0 Å². The normalized spacial score (nSPS) is 14.6. The molecule has 0 heterocycles. The average molecular weight is 231 g/mol. The number of rotatable bonds is 7. The van der Waals surface area contributed by atoms with Gasteiger partial charge in [0.25, 0.3) is 0 Å². The molecule has 0 amide bonds. The van der Waals surface area contributed by atoms with E-state index in [1.54, 1.807) is 13.8 Å². The highest BCUT2D eigenvalue weighted by Gasteiger charge is 2.38. The molecular formula is C11H21NO4. The van der Waals surface area contributed by atoms with Crippen molar-refractivity contribution in [1.29, 1.82) is 0 Å². The summed E-state index contributed by atoms with van der Waals surface area (Å²) in [7, 11) is 0. The third kappa shape index (κ3) is 5.09. The highest BCUT2D eigenvalue weighted by Crippen LogP contribution is 2.25. The fraction of sp³-hybridized carbons (Fsp3) is 0.909. The van der Waals surface area contributed by atoms with Crippen molar-refractivity contribution in [2.75, 3.05) is 6.61 Å². The predicted molar refractivity (Wildman–Crippen MR) is 60.7 cm³/mol. The minimum atomic E-state index is -1.03. The Bertz CT molecular complexity index is 252. The lowest BCUT2D eigenvalue weighted by molar-refractivity contribution is -0.568. The van der Waals surface area contributed by atoms with Crippen molar-refractivity contribution in [3.63, 3.8) is 0 Å². The fourth-order valence-electron chi connectivity index (χ4n) is 1.75. The van der Waals surface area contributed by atoms with Crippen LogP contribution < -0.4 is 0 Å². The molecule has 94 valence electrons. The number of carbonyl (C=O) groups excluding carboxylic acids is 1. The summed E-state index contributed by atoms with van der Waals surface area (Å²) in [6.07, 6.45) is 0.814. The Labute approximate surface area is 96.3 Å². The van der Waals surface area contributed by atoms with Gasteiger partial charge in [-0.15, -0.1) is 0 Å². The van der Waals surface area contributed by atoms with Crippen LogP contribution in [-0.2, 0) is 9.53 Å². The van der Waals surface area contributed by atoms with E-state index in [-0.39, 0.29) is 29.7 Å². The van der Waals surface area contributed by atoms with E-state index in [2.05, 4.69) is 0 Å². The first-order valence-electron chi connectivity index (χ1n) is 5.62. The van der Waals surface area contributed by atoms with E-state index < -0.39 is 5.54 Å². The van der Waals surface area contributed by atoms with Gasteiger partial charge in [0, 0.05) is 24.7 Å². The first kappa shape index (κ1) is 14.9. The summed E-state index contributed by atoms with van der Waals surface area (Å²) in [4.78, 5) is 21.8. The van der Waals surface area contributed by atoms with Gasteiger partial charge in [0.1, 0.15) is 0 Å². The quantitative estimate of drug-likeness (QED) is 0.383. The fourth-order valence-corrected chi connectivity index (χ4v) is 1.75. The minimum absolute atomic E-state index is 0.109. The number of hydrogen-bond donors (Lipinski definition) is 0. The number of carbonyl (C=O) groups is 1. The summed E-state index contributed by atoms with van der Waals surface area (Å²) in [5.74, 6) is -0.128. The molecule has 1 unspecified atom stereocenters. The van der Waals surface area contributed by atoms with Crippen molar-refractivity contribution in [2.24, 2.45) is 5.92 Å². The number of hydrogen-bond acceptors (Lipinski definition) is 4. The topological polar surface area (TPSA) is 69.4 Å². The molecule has 0 aliphatic heterocycles. The molecule has 0 rings (SSSR count). The highest BCUT2D eigenvalue weighted by molar-refractivity contribution is 5.69. The summed E-state index contributed by atoms with van der Waals surface area (Å²) in [5, 5.41) is 11.0. The zero-order valence-electron chi connectivity index (χ0n) is 10.5. The molecule has 0 saturated carbocycles. The molecule has 0 saturated heterocycles. The summed E-state index contributed by atoms with van der Waals surface area (Å²) < 4.78 is 4.76. The van der Waals surface area contributed by atoms with Crippen LogP contribution in [-0.4, -0.2) is 23.0 Å². The SMILES string of the molecule is CCOC(=O)CCC(C)(CC(C)C)[N+](=O)[O-]. The second kappa shape index (κ2) is 6.45. The zero-order chi connectivity index (χ0) is 12.8. The lowest BCUT2D eigenvalue weighted by Gasteiger charge is -2.22. The Morgan fingerprint density at radius 3 is 2.44 bits per heavy atom. The van der Waals surface area contributed by atoms with Crippen molar-refractivity contribution >= 4 is 5.97 Å². The molecule has 0 aromatic rings. The van der Waals surface area contributed by atoms with Crippen LogP contribution in [0.15, 0.2) is 0 Å². The zero-order valence-corrected chi connectivity index (χ0v) is 10.5. The van der Waals surface area contributed by atoms with Crippen LogP contribution in [0.3, 0.4) is 0 Å². The first-order valence-corrected chi connectivity index (χ1v) is 5.62. The van der Waals surface area contributed by atoms with E-state index in [1.807, 2.05) is 13.8 Å². The molecule has 0 fully saturated rings. The van der Waals surface area contributed by atoms with Gasteiger partial charge in [-0.25, -0.2) is 0 Å². The van der Waals surface area contributed by atoms with Gasteiger partial charge < -0.3 is 4.74 Å². The molecule has 0 N–H and O–H groups in total. The lowest BCUT2D eigenvalue weighted by atomic mass is 9.87. The number of ether oxygens (including phenoxy) is 1. The molecule has 0 aliphatic rings. The van der Waals surface area contributed by atoms with Gasteiger partial charge in [-0.1, -0.05) is 13.8 Å². The monoisotopic (exact) mass is 231 g/mol.